The zero-order valence-corrected chi connectivity index (χ0v) is 18.0. The van der Waals surface area contributed by atoms with Crippen molar-refractivity contribution in [1.82, 2.24) is 4.57 Å². The van der Waals surface area contributed by atoms with Crippen LogP contribution in [-0.4, -0.2) is 38.9 Å². The van der Waals surface area contributed by atoms with E-state index in [0.717, 1.165) is 66.1 Å². The Hall–Kier alpha value is -3.68. The highest BCUT2D eigenvalue weighted by atomic mass is 16.5. The minimum atomic E-state index is -0.500. The lowest BCUT2D eigenvalue weighted by Gasteiger charge is -2.08. The third-order valence-corrected chi connectivity index (χ3v) is 5.11. The van der Waals surface area contributed by atoms with Gasteiger partial charge in [-0.2, -0.15) is 0 Å². The predicted octanol–water partition coefficient (Wildman–Crippen LogP) is 2.03. The highest BCUT2D eigenvalue weighted by Gasteiger charge is 2.27. The zero-order valence-electron chi connectivity index (χ0n) is 18.0. The van der Waals surface area contributed by atoms with Gasteiger partial charge in [0.2, 0.25) is 0 Å². The molecule has 0 fully saturated rings. The number of nitrogens with zero attached hydrogens (tertiary/aromatic N) is 2. The molecule has 1 N–H and O–H groups in total. The van der Waals surface area contributed by atoms with Gasteiger partial charge in [0.15, 0.2) is 0 Å². The molecule has 164 valence electrons. The van der Waals surface area contributed by atoms with Gasteiger partial charge in [-0.1, -0.05) is 12.1 Å². The zero-order chi connectivity index (χ0) is 22.2. The molecule has 0 bridgehead atoms. The maximum absolute atomic E-state index is 8.25. The number of benzene rings is 2. The van der Waals surface area contributed by atoms with Gasteiger partial charge in [-0.25, -0.2) is 9.13 Å². The van der Waals surface area contributed by atoms with Crippen molar-refractivity contribution in [2.45, 2.75) is 19.4 Å². The lowest BCUT2D eigenvalue weighted by molar-refractivity contribution is -0.670. The number of methoxy groups -OCH3 is 3. The number of imidazole rings is 1. The van der Waals surface area contributed by atoms with Crippen LogP contribution in [0.15, 0.2) is 48.7 Å². The van der Waals surface area contributed by atoms with Gasteiger partial charge in [-0.15, -0.1) is 0 Å². The fraction of sp³-hybridized carbons (Fsp3) is 0.304. The number of hydrogen-bond donors (Lipinski definition) is 1. The minimum Gasteiger partial charge on any atom is -0.554 e. The summed E-state index contributed by atoms with van der Waals surface area (Å²) >= 11 is 0. The van der Waals surface area contributed by atoms with Crippen LogP contribution in [0.3, 0.4) is 0 Å². The Bertz CT molecular complexity index is 1010. The Labute approximate surface area is 181 Å². The van der Waals surface area contributed by atoms with Crippen LogP contribution in [0.2, 0.25) is 0 Å². The number of nitrogens with one attached hydrogen (secondary N) is 1. The number of para-hydroxylation sites is 1. The predicted molar refractivity (Wildman–Crippen MR) is 115 cm³/mol. The summed E-state index contributed by atoms with van der Waals surface area (Å²) in [4.78, 5) is 8.25. The van der Waals surface area contributed by atoms with Crippen LogP contribution in [0.5, 0.6) is 17.2 Å². The lowest BCUT2D eigenvalue weighted by Crippen LogP contribution is -2.36. The summed E-state index contributed by atoms with van der Waals surface area (Å²) in [7, 11) is 5.05. The molecular weight excluding hydrogens is 398 g/mol. The van der Waals surface area contributed by atoms with Crippen molar-refractivity contribution >= 4 is 12.4 Å². The Morgan fingerprint density at radius 2 is 1.71 bits per heavy atom. The topological polar surface area (TPSA) is 88.7 Å². The number of carboxylic acid groups (broad SMARTS) is 1. The smallest absolute Gasteiger partial charge is 0.362 e. The molecule has 0 unspecified atom stereocenters. The first-order valence-electron chi connectivity index (χ1n) is 9.98. The maximum atomic E-state index is 8.25. The molecule has 8 heteroatoms. The highest BCUT2D eigenvalue weighted by molar-refractivity contribution is 5.66. The number of aromatic nitrogens is 2. The summed E-state index contributed by atoms with van der Waals surface area (Å²) in [6, 6.07) is 14.0. The van der Waals surface area contributed by atoms with Gasteiger partial charge >= 0.3 is 5.95 Å². The van der Waals surface area contributed by atoms with Crippen molar-refractivity contribution in [1.29, 1.82) is 0 Å². The molecule has 4 rings (SSSR count). The third-order valence-electron chi connectivity index (χ3n) is 5.11. The average molecular weight is 425 g/mol. The van der Waals surface area contributed by atoms with E-state index in [4.69, 9.17) is 24.1 Å². The molecule has 1 aliphatic heterocycles. The summed E-state index contributed by atoms with van der Waals surface area (Å²) in [5.41, 5.74) is 3.17. The van der Waals surface area contributed by atoms with Crippen molar-refractivity contribution < 1.29 is 28.7 Å². The standard InChI is InChI=1S/C22H25N3O3.CH2O2/c1-26-17-12-16(13-18(14-17)27-2)25-15-20(19-8-4-5-9-21(19)28-3)24-11-7-6-10-23-22(24)25;2-1-3/h4-5,8-9,12-15H,6-7,10-11H2,1-3H3;1H,(H,2,3). The Balaban J connectivity index is 0.000000858. The first-order valence-corrected chi connectivity index (χ1v) is 9.98. The summed E-state index contributed by atoms with van der Waals surface area (Å²) in [6.45, 7) is 1.39. The van der Waals surface area contributed by atoms with E-state index in [0.29, 0.717) is 0 Å². The van der Waals surface area contributed by atoms with Crippen molar-refractivity contribution in [2.24, 2.45) is 0 Å². The van der Waals surface area contributed by atoms with Gasteiger partial charge in [-0.05, 0) is 25.0 Å². The number of hydrogen-bond acceptors (Lipinski definition) is 6. The van der Waals surface area contributed by atoms with E-state index in [-0.39, 0.29) is 0 Å². The van der Waals surface area contributed by atoms with Gasteiger partial charge < -0.3 is 24.1 Å². The lowest BCUT2D eigenvalue weighted by atomic mass is 10.1. The molecule has 1 aromatic heterocycles. The molecule has 8 nitrogen and oxygen atoms in total. The van der Waals surface area contributed by atoms with Gasteiger partial charge in [0.25, 0.3) is 0 Å². The van der Waals surface area contributed by atoms with E-state index in [1.165, 1.54) is 0 Å². The third kappa shape index (κ3) is 4.74. The van der Waals surface area contributed by atoms with Crippen LogP contribution in [0.4, 0.5) is 5.95 Å². The summed E-state index contributed by atoms with van der Waals surface area (Å²) in [6.07, 6.45) is 4.41. The van der Waals surface area contributed by atoms with Crippen LogP contribution >= 0.6 is 0 Å². The summed E-state index contributed by atoms with van der Waals surface area (Å²) in [5.74, 6) is 3.43. The van der Waals surface area contributed by atoms with Crippen molar-refractivity contribution in [3.05, 3.63) is 48.7 Å². The molecule has 0 atom stereocenters. The van der Waals surface area contributed by atoms with E-state index in [1.807, 2.05) is 36.4 Å². The van der Waals surface area contributed by atoms with Crippen molar-refractivity contribution in [3.8, 4) is 34.2 Å². The van der Waals surface area contributed by atoms with Crippen LogP contribution < -0.4 is 29.2 Å². The van der Waals surface area contributed by atoms with E-state index in [9.17, 15) is 0 Å². The number of anilines is 1. The second-order valence-electron chi connectivity index (χ2n) is 6.86. The second-order valence-corrected chi connectivity index (χ2v) is 6.86. The molecule has 2 aromatic carbocycles. The summed E-state index contributed by atoms with van der Waals surface area (Å²) in [5, 5.41) is 11.8. The quantitative estimate of drug-likeness (QED) is 0.497. The van der Waals surface area contributed by atoms with Crippen molar-refractivity contribution in [3.63, 3.8) is 0 Å². The summed E-state index contributed by atoms with van der Waals surface area (Å²) < 4.78 is 21.1. The van der Waals surface area contributed by atoms with Crippen LogP contribution in [-0.2, 0) is 11.3 Å². The van der Waals surface area contributed by atoms with Gasteiger partial charge in [0.05, 0.1) is 40.0 Å². The fourth-order valence-electron chi connectivity index (χ4n) is 3.70. The minimum absolute atomic E-state index is 0.500. The first-order chi connectivity index (χ1) is 15.2. The Kier molecular flexibility index (Phi) is 7.37. The van der Waals surface area contributed by atoms with E-state index >= 15 is 0 Å². The Morgan fingerprint density at radius 1 is 1.03 bits per heavy atom. The first kappa shape index (κ1) is 22.0. The largest absolute Gasteiger partial charge is 0.554 e. The number of fused-ring (bicyclic) bond motifs is 1. The molecular formula is C23H27N3O5. The monoisotopic (exact) mass is 425 g/mol. The number of carbonyl (C=O) groups excluding carboxylic acids is 1. The number of carbonyl (C=O) groups is 1. The van der Waals surface area contributed by atoms with E-state index < -0.39 is 6.47 Å². The van der Waals surface area contributed by atoms with E-state index in [1.54, 1.807) is 21.3 Å². The average Bonchev–Trinajstić information content (AvgIpc) is 2.99. The molecule has 2 heterocycles. The molecule has 0 spiro atoms. The SMILES string of the molecule is COc1cc(OC)cc(-n2cc(-c3ccccc3OC)[n+]3c2NCCCC3)c1.O=C[O-]. The Morgan fingerprint density at radius 3 is 2.35 bits per heavy atom. The van der Waals surface area contributed by atoms with Crippen LogP contribution in [0, 0.1) is 0 Å². The van der Waals surface area contributed by atoms with E-state index in [2.05, 4.69) is 26.7 Å². The normalized spacial score (nSPS) is 12.4. The molecule has 0 amide bonds. The highest BCUT2D eigenvalue weighted by Crippen LogP contribution is 2.33. The van der Waals surface area contributed by atoms with Gasteiger partial charge in [0.1, 0.15) is 34.8 Å². The molecule has 1 aliphatic rings. The van der Waals surface area contributed by atoms with Crippen LogP contribution in [0.1, 0.15) is 12.8 Å². The van der Waals surface area contributed by atoms with Crippen molar-refractivity contribution in [2.75, 3.05) is 33.2 Å². The fourth-order valence-corrected chi connectivity index (χ4v) is 3.70. The maximum Gasteiger partial charge on any atom is 0.362 e. The second kappa shape index (κ2) is 10.4. The number of ether oxygens (including phenoxy) is 3. The molecule has 0 aliphatic carbocycles. The van der Waals surface area contributed by atoms with Gasteiger partial charge in [0, 0.05) is 24.7 Å². The molecule has 31 heavy (non-hydrogen) atoms. The number of rotatable bonds is 5. The molecule has 0 saturated carbocycles. The molecule has 0 saturated heterocycles. The van der Waals surface area contributed by atoms with Gasteiger partial charge in [-0.3, -0.25) is 5.32 Å². The van der Waals surface area contributed by atoms with Crippen LogP contribution in [0.25, 0.3) is 16.9 Å². The molecule has 3 aromatic rings. The molecule has 0 radical (unpaired) electrons.